The van der Waals surface area contributed by atoms with Gasteiger partial charge in [0.1, 0.15) is 0 Å². The molecule has 0 nitrogen and oxygen atoms in total. The summed E-state index contributed by atoms with van der Waals surface area (Å²) in [4.78, 5) is 0. The molecule has 2 bridgehead atoms. The summed E-state index contributed by atoms with van der Waals surface area (Å²) < 4.78 is 0. The van der Waals surface area contributed by atoms with E-state index >= 15 is 0 Å². The zero-order valence-electron chi connectivity index (χ0n) is 11.0. The van der Waals surface area contributed by atoms with Crippen molar-refractivity contribution in [3.63, 3.8) is 0 Å². The van der Waals surface area contributed by atoms with Crippen LogP contribution in [0.25, 0.3) is 0 Å². The minimum Gasteiger partial charge on any atom is -0.0839 e. The monoisotopic (exact) mass is 238 g/mol. The Bertz CT molecular complexity index is 426. The first-order chi connectivity index (χ1) is 8.87. The molecule has 6 rings (SSSR count). The molecule has 0 aromatic carbocycles. The fourth-order valence-electron chi connectivity index (χ4n) is 6.98. The molecule has 0 radical (unpaired) electrons. The molecule has 6 aliphatic carbocycles. The van der Waals surface area contributed by atoms with Gasteiger partial charge in [-0.15, -0.1) is 0 Å². The van der Waals surface area contributed by atoms with Gasteiger partial charge in [-0.05, 0) is 60.2 Å². The first kappa shape index (κ1) is 10.1. The smallest absolute Gasteiger partial charge is 0.00929 e. The van der Waals surface area contributed by atoms with Gasteiger partial charge in [-0.1, -0.05) is 49.3 Å². The molecular formula is C18H22. The number of hydrogen-bond donors (Lipinski definition) is 0. The first-order valence-electron chi connectivity index (χ1n) is 7.91. The Labute approximate surface area is 110 Å². The normalized spacial score (nSPS) is 58.7. The molecule has 0 spiro atoms. The highest BCUT2D eigenvalue weighted by Gasteiger charge is 2.69. The molecule has 0 aromatic heterocycles. The second kappa shape index (κ2) is 3.03. The van der Waals surface area contributed by atoms with E-state index in [1.807, 2.05) is 0 Å². The van der Waals surface area contributed by atoms with Gasteiger partial charge in [0.25, 0.3) is 0 Å². The quantitative estimate of drug-likeness (QED) is 0.545. The lowest BCUT2D eigenvalue weighted by atomic mass is 9.41. The highest BCUT2D eigenvalue weighted by molar-refractivity contribution is 5.34. The van der Waals surface area contributed by atoms with Gasteiger partial charge < -0.3 is 0 Å². The average Bonchev–Trinajstić information content (AvgIpc) is 2.97. The van der Waals surface area contributed by atoms with Crippen molar-refractivity contribution in [1.82, 2.24) is 0 Å². The fourth-order valence-corrected chi connectivity index (χ4v) is 6.98. The second-order valence-corrected chi connectivity index (χ2v) is 7.38. The van der Waals surface area contributed by atoms with Gasteiger partial charge in [0.2, 0.25) is 0 Å². The molecular weight excluding hydrogens is 216 g/mol. The molecule has 3 fully saturated rings. The van der Waals surface area contributed by atoms with E-state index in [-0.39, 0.29) is 0 Å². The maximum Gasteiger partial charge on any atom is -0.00929 e. The predicted octanol–water partition coefficient (Wildman–Crippen LogP) is 4.50. The highest BCUT2D eigenvalue weighted by atomic mass is 14.7. The minimum absolute atomic E-state index is 0.711. The van der Waals surface area contributed by atoms with Crippen molar-refractivity contribution in [3.05, 3.63) is 36.5 Å². The maximum atomic E-state index is 2.63. The lowest BCUT2D eigenvalue weighted by Crippen LogP contribution is -2.57. The summed E-state index contributed by atoms with van der Waals surface area (Å²) in [7, 11) is 0. The second-order valence-electron chi connectivity index (χ2n) is 7.38. The van der Waals surface area contributed by atoms with Crippen LogP contribution in [0.1, 0.15) is 38.5 Å². The lowest BCUT2D eigenvalue weighted by molar-refractivity contribution is -0.0802. The Kier molecular flexibility index (Phi) is 1.69. The van der Waals surface area contributed by atoms with E-state index < -0.39 is 0 Å². The Balaban J connectivity index is 1.75. The van der Waals surface area contributed by atoms with E-state index in [1.165, 1.54) is 38.5 Å². The molecule has 0 aromatic rings. The molecule has 0 unspecified atom stereocenters. The predicted molar refractivity (Wildman–Crippen MR) is 73.9 cm³/mol. The van der Waals surface area contributed by atoms with Gasteiger partial charge in [-0.25, -0.2) is 0 Å². The molecule has 4 atom stereocenters. The summed E-state index contributed by atoms with van der Waals surface area (Å²) in [6.07, 6.45) is 24.0. The zero-order chi connectivity index (χ0) is 11.8. The van der Waals surface area contributed by atoms with Gasteiger partial charge >= 0.3 is 0 Å². The van der Waals surface area contributed by atoms with E-state index in [9.17, 15) is 0 Å². The molecule has 0 heteroatoms. The van der Waals surface area contributed by atoms with E-state index in [2.05, 4.69) is 36.5 Å². The van der Waals surface area contributed by atoms with Crippen molar-refractivity contribution < 1.29 is 0 Å². The topological polar surface area (TPSA) is 0 Å². The van der Waals surface area contributed by atoms with Crippen LogP contribution in [0.5, 0.6) is 0 Å². The third-order valence-electron chi connectivity index (χ3n) is 7.34. The summed E-state index contributed by atoms with van der Waals surface area (Å²) in [6, 6.07) is 0. The largest absolute Gasteiger partial charge is 0.0839 e. The van der Waals surface area contributed by atoms with Crippen LogP contribution < -0.4 is 0 Å². The third-order valence-corrected chi connectivity index (χ3v) is 7.34. The summed E-state index contributed by atoms with van der Waals surface area (Å²) in [5.41, 5.74) is 1.42. The first-order valence-corrected chi connectivity index (χ1v) is 7.91. The van der Waals surface area contributed by atoms with Crippen LogP contribution >= 0.6 is 0 Å². The number of rotatable bonds is 0. The van der Waals surface area contributed by atoms with Gasteiger partial charge in [0, 0.05) is 0 Å². The van der Waals surface area contributed by atoms with Crippen LogP contribution in [0.4, 0.5) is 0 Å². The standard InChI is InChI=1S/C18H22/c1-2-6-14-13(5-1)15-7-8-16(14)18-11-3-9-17(15,18)10-4-12-18/h1-2,5-8,13-16H,3-4,9-12H2/t13-,14+,15-,16+,17?,18?. The van der Waals surface area contributed by atoms with E-state index in [1.54, 1.807) is 0 Å². The molecule has 0 heterocycles. The Morgan fingerprint density at radius 3 is 1.50 bits per heavy atom. The van der Waals surface area contributed by atoms with Crippen molar-refractivity contribution >= 4 is 0 Å². The molecule has 0 amide bonds. The van der Waals surface area contributed by atoms with Crippen molar-refractivity contribution in [3.8, 4) is 0 Å². The number of hydrogen-bond acceptors (Lipinski definition) is 0. The van der Waals surface area contributed by atoms with Crippen LogP contribution in [-0.4, -0.2) is 0 Å². The number of allylic oxidation sites excluding steroid dienone is 6. The van der Waals surface area contributed by atoms with E-state index in [0.29, 0.717) is 10.8 Å². The van der Waals surface area contributed by atoms with Gasteiger partial charge in [0.05, 0.1) is 0 Å². The Morgan fingerprint density at radius 2 is 1.06 bits per heavy atom. The molecule has 0 aliphatic heterocycles. The van der Waals surface area contributed by atoms with Crippen molar-refractivity contribution in [2.45, 2.75) is 38.5 Å². The molecule has 6 aliphatic rings. The van der Waals surface area contributed by atoms with Crippen LogP contribution in [-0.2, 0) is 0 Å². The summed E-state index contributed by atoms with van der Waals surface area (Å²) in [5.74, 6) is 3.38. The van der Waals surface area contributed by atoms with Crippen LogP contribution in [0.3, 0.4) is 0 Å². The molecule has 0 saturated heterocycles. The van der Waals surface area contributed by atoms with Crippen LogP contribution in [0.2, 0.25) is 0 Å². The lowest BCUT2D eigenvalue weighted by Gasteiger charge is -2.62. The summed E-state index contributed by atoms with van der Waals surface area (Å²) in [5, 5.41) is 0. The zero-order valence-corrected chi connectivity index (χ0v) is 11.0. The summed E-state index contributed by atoms with van der Waals surface area (Å²) >= 11 is 0. The maximum absolute atomic E-state index is 2.63. The highest BCUT2D eigenvalue weighted by Crippen LogP contribution is 2.77. The van der Waals surface area contributed by atoms with Gasteiger partial charge in [0.15, 0.2) is 0 Å². The van der Waals surface area contributed by atoms with Crippen molar-refractivity contribution in [1.29, 1.82) is 0 Å². The van der Waals surface area contributed by atoms with Gasteiger partial charge in [-0.2, -0.15) is 0 Å². The van der Waals surface area contributed by atoms with E-state index in [4.69, 9.17) is 0 Å². The SMILES string of the molecule is C1=C[C@@H]2[C@H](C=C1)[C@@H]1C=C[C@H]2C23CCCC12CCC3. The van der Waals surface area contributed by atoms with Crippen LogP contribution in [0.15, 0.2) is 36.5 Å². The summed E-state index contributed by atoms with van der Waals surface area (Å²) in [6.45, 7) is 0. The van der Waals surface area contributed by atoms with Gasteiger partial charge in [-0.3, -0.25) is 0 Å². The fraction of sp³-hybridized carbons (Fsp3) is 0.667. The molecule has 18 heavy (non-hydrogen) atoms. The van der Waals surface area contributed by atoms with Crippen molar-refractivity contribution in [2.24, 2.45) is 34.5 Å². The molecule has 0 N–H and O–H groups in total. The average molecular weight is 238 g/mol. The Morgan fingerprint density at radius 1 is 0.611 bits per heavy atom. The molecule has 94 valence electrons. The third kappa shape index (κ3) is 0.849. The molecule has 3 saturated carbocycles. The Hall–Kier alpha value is -0.780. The van der Waals surface area contributed by atoms with E-state index in [0.717, 1.165) is 23.7 Å². The minimum atomic E-state index is 0.711. The van der Waals surface area contributed by atoms with Crippen LogP contribution in [0, 0.1) is 34.5 Å². The van der Waals surface area contributed by atoms with Crippen molar-refractivity contribution in [2.75, 3.05) is 0 Å².